The number of hydrogen-bond donors (Lipinski definition) is 0. The van der Waals surface area contributed by atoms with Gasteiger partial charge in [0.15, 0.2) is 0 Å². The second-order valence-corrected chi connectivity index (χ2v) is 23.9. The zero-order valence-electron chi connectivity index (χ0n) is 47.7. The van der Waals surface area contributed by atoms with E-state index in [1.165, 1.54) is 150 Å². The summed E-state index contributed by atoms with van der Waals surface area (Å²) in [5.74, 6) is 0. The summed E-state index contributed by atoms with van der Waals surface area (Å²) in [5.41, 5.74) is 14.0. The maximum Gasteiger partial charge on any atom is 0.0547 e. The van der Waals surface area contributed by atoms with Crippen LogP contribution in [0.1, 0.15) is 0 Å². The number of nitrogens with zero attached hydrogens (tertiary/aromatic N) is 4. The standard InChI is InChI=1S/C84H50N4/c1-3-23-57-54(20-1)55-21-2-4-24-58(55)70-50-72-68-46-51(87-79-37-17-11-29-64(79)73-47-52(41-44-81(73)87)85-75-33-13-7-25-60(75)61-26-8-14-34-76(61)85)40-43-59(68)56-22-5-6-31-66(56)84-67(71(72)49-69(57)70)32-19-39-83(84)88-80-38-18-12-30-65(80)74-48-53(42-45-82(74)88)86-77-35-15-9-27-62(77)63-28-10-16-36-78(63)86/h1-50H. The zero-order chi connectivity index (χ0) is 57.3. The SMILES string of the molecule is c1ccc2c(c1)=c1ccc(-n3c4ccccc4c4cc(-n5c6ccccc6c6ccccc65)ccc43)cc1=c1cc3c4ccccc4c4ccccc4c3cc1=c1cccc(-n3c4ccccc4c4cc(-n5c6ccccc6c6ccccc65)ccc43)c1=2. The summed E-state index contributed by atoms with van der Waals surface area (Å²) in [5, 5.41) is 27.0. The molecule has 0 saturated heterocycles. The van der Waals surface area contributed by atoms with Crippen LogP contribution in [0.25, 0.3) is 142 Å². The number of fused-ring (bicyclic) bond motifs is 22. The number of hydrogen-bond acceptors (Lipinski definition) is 0. The van der Waals surface area contributed by atoms with Gasteiger partial charge < -0.3 is 18.3 Å². The third kappa shape index (κ3) is 6.47. The summed E-state index contributed by atoms with van der Waals surface area (Å²) in [6.45, 7) is 0. The minimum absolute atomic E-state index is 1.11. The molecule has 4 nitrogen and oxygen atoms in total. The maximum atomic E-state index is 2.54. The van der Waals surface area contributed by atoms with Crippen molar-refractivity contribution in [2.75, 3.05) is 0 Å². The van der Waals surface area contributed by atoms with Crippen molar-refractivity contribution in [2.45, 2.75) is 0 Å². The van der Waals surface area contributed by atoms with E-state index < -0.39 is 0 Å². The molecule has 0 amide bonds. The van der Waals surface area contributed by atoms with Crippen LogP contribution in [-0.4, -0.2) is 18.3 Å². The molecule has 4 heteroatoms. The fourth-order valence-electron chi connectivity index (χ4n) is 15.8. The highest BCUT2D eigenvalue weighted by Crippen LogP contribution is 2.41. The molecule has 20 rings (SSSR count). The fourth-order valence-corrected chi connectivity index (χ4v) is 15.8. The quantitative estimate of drug-likeness (QED) is 0.157. The molecule has 0 N–H and O–H groups in total. The van der Waals surface area contributed by atoms with Crippen LogP contribution in [0.2, 0.25) is 0 Å². The fraction of sp³-hybridized carbons (Fsp3) is 0. The van der Waals surface area contributed by atoms with Crippen molar-refractivity contribution < 1.29 is 0 Å². The molecule has 0 saturated carbocycles. The van der Waals surface area contributed by atoms with E-state index in [-0.39, 0.29) is 0 Å². The Bertz CT molecular complexity index is 6560. The topological polar surface area (TPSA) is 19.7 Å². The second kappa shape index (κ2) is 17.9. The summed E-state index contributed by atoms with van der Waals surface area (Å²) >= 11 is 0. The summed E-state index contributed by atoms with van der Waals surface area (Å²) in [6, 6.07) is 114. The molecule has 19 aromatic rings. The Labute approximate surface area is 502 Å². The molecule has 4 aromatic heterocycles. The summed E-state index contributed by atoms with van der Waals surface area (Å²) in [4.78, 5) is 0. The third-order valence-corrected chi connectivity index (χ3v) is 19.5. The molecule has 0 spiro atoms. The van der Waals surface area contributed by atoms with Gasteiger partial charge in [0.1, 0.15) is 0 Å². The molecular formula is C84H50N4. The van der Waals surface area contributed by atoms with E-state index in [9.17, 15) is 0 Å². The van der Waals surface area contributed by atoms with Gasteiger partial charge in [0.25, 0.3) is 0 Å². The predicted octanol–water partition coefficient (Wildman–Crippen LogP) is 21.0. The highest BCUT2D eigenvalue weighted by Gasteiger charge is 2.21. The first-order valence-corrected chi connectivity index (χ1v) is 30.5. The summed E-state index contributed by atoms with van der Waals surface area (Å²) in [6.07, 6.45) is 0. The van der Waals surface area contributed by atoms with Gasteiger partial charge in [0.2, 0.25) is 0 Å². The van der Waals surface area contributed by atoms with Gasteiger partial charge in [-0.05, 0) is 172 Å². The van der Waals surface area contributed by atoms with Gasteiger partial charge >= 0.3 is 0 Å². The van der Waals surface area contributed by atoms with E-state index in [1.54, 1.807) is 0 Å². The highest BCUT2D eigenvalue weighted by atomic mass is 15.0. The van der Waals surface area contributed by atoms with Crippen LogP contribution in [0, 0.1) is 41.7 Å². The van der Waals surface area contributed by atoms with Crippen LogP contribution in [0.3, 0.4) is 0 Å². The van der Waals surface area contributed by atoms with Crippen LogP contribution < -0.4 is 0 Å². The van der Waals surface area contributed by atoms with Gasteiger partial charge in [0.05, 0.1) is 49.8 Å². The highest BCUT2D eigenvalue weighted by molar-refractivity contribution is 6.25. The monoisotopic (exact) mass is 1110 g/mol. The van der Waals surface area contributed by atoms with Gasteiger partial charge in [-0.15, -0.1) is 0 Å². The average Bonchev–Trinajstić information content (AvgIpc) is 1.15. The van der Waals surface area contributed by atoms with Crippen molar-refractivity contribution in [2.24, 2.45) is 0 Å². The Kier molecular flexibility index (Phi) is 9.69. The lowest BCUT2D eigenvalue weighted by Gasteiger charge is -2.14. The number of benzene rings is 15. The van der Waals surface area contributed by atoms with E-state index in [2.05, 4.69) is 322 Å². The number of aromatic nitrogens is 4. The molecule has 0 aliphatic heterocycles. The third-order valence-electron chi connectivity index (χ3n) is 19.5. The van der Waals surface area contributed by atoms with Gasteiger partial charge in [-0.25, -0.2) is 0 Å². The molecule has 0 bridgehead atoms. The molecule has 0 fully saturated rings. The molecular weight excluding hydrogens is 1060 g/mol. The lowest BCUT2D eigenvalue weighted by molar-refractivity contribution is 1.13. The predicted molar refractivity (Wildman–Crippen MR) is 366 cm³/mol. The summed E-state index contributed by atoms with van der Waals surface area (Å²) in [7, 11) is 0. The number of para-hydroxylation sites is 6. The molecule has 1 aliphatic rings. The molecule has 0 radical (unpaired) electrons. The number of rotatable bonds is 4. The van der Waals surface area contributed by atoms with E-state index >= 15 is 0 Å². The lowest BCUT2D eigenvalue weighted by atomic mass is 9.92. The van der Waals surface area contributed by atoms with Gasteiger partial charge in [-0.1, -0.05) is 200 Å². The first kappa shape index (κ1) is 47.6. The Hall–Kier alpha value is -11.7. The van der Waals surface area contributed by atoms with E-state index in [0.717, 1.165) is 33.8 Å². The van der Waals surface area contributed by atoms with E-state index in [1.807, 2.05) is 0 Å². The average molecular weight is 1120 g/mol. The van der Waals surface area contributed by atoms with Crippen LogP contribution in [0.5, 0.6) is 0 Å². The van der Waals surface area contributed by atoms with Crippen molar-refractivity contribution in [3.8, 4) is 22.7 Å². The van der Waals surface area contributed by atoms with Gasteiger partial charge in [-0.2, -0.15) is 0 Å². The zero-order valence-corrected chi connectivity index (χ0v) is 47.7. The smallest absolute Gasteiger partial charge is 0.0547 e. The Morgan fingerprint density at radius 3 is 0.909 bits per heavy atom. The van der Waals surface area contributed by atoms with Gasteiger partial charge in [-0.3, -0.25) is 0 Å². The van der Waals surface area contributed by atoms with Crippen molar-refractivity contribution >= 4 is 120 Å². The van der Waals surface area contributed by atoms with Crippen molar-refractivity contribution in [3.63, 3.8) is 0 Å². The molecule has 15 aromatic carbocycles. The second-order valence-electron chi connectivity index (χ2n) is 23.9. The first-order chi connectivity index (χ1) is 43.7. The maximum absolute atomic E-state index is 2.54. The Balaban J connectivity index is 0.923. The summed E-state index contributed by atoms with van der Waals surface area (Å²) < 4.78 is 9.91. The molecule has 1 aliphatic carbocycles. The van der Waals surface area contributed by atoms with Crippen molar-refractivity contribution in [3.05, 3.63) is 345 Å². The Morgan fingerprint density at radius 2 is 0.443 bits per heavy atom. The molecule has 406 valence electrons. The Morgan fingerprint density at radius 1 is 0.148 bits per heavy atom. The van der Waals surface area contributed by atoms with Crippen LogP contribution in [0.4, 0.5) is 0 Å². The lowest BCUT2D eigenvalue weighted by Crippen LogP contribution is -2.00. The molecule has 88 heavy (non-hydrogen) atoms. The molecule has 4 heterocycles. The van der Waals surface area contributed by atoms with Crippen LogP contribution >= 0.6 is 0 Å². The minimum atomic E-state index is 1.11. The van der Waals surface area contributed by atoms with E-state index in [0.29, 0.717) is 0 Å². The molecule has 0 unspecified atom stereocenters. The van der Waals surface area contributed by atoms with Crippen LogP contribution in [-0.2, 0) is 0 Å². The first-order valence-electron chi connectivity index (χ1n) is 30.5. The minimum Gasteiger partial charge on any atom is -0.309 e. The van der Waals surface area contributed by atoms with Crippen molar-refractivity contribution in [1.82, 2.24) is 18.3 Å². The van der Waals surface area contributed by atoms with E-state index in [4.69, 9.17) is 0 Å². The largest absolute Gasteiger partial charge is 0.309 e. The normalized spacial score (nSPS) is 12.3. The van der Waals surface area contributed by atoms with Crippen LogP contribution in [0.15, 0.2) is 303 Å². The van der Waals surface area contributed by atoms with Gasteiger partial charge in [0, 0.05) is 65.4 Å². The molecule has 0 atom stereocenters. The van der Waals surface area contributed by atoms with Crippen molar-refractivity contribution in [1.29, 1.82) is 0 Å².